The lowest BCUT2D eigenvalue weighted by Gasteiger charge is -2.32. The molecule has 1 aliphatic rings. The number of hydrogen-bond donors (Lipinski definition) is 1. The second-order valence-corrected chi connectivity index (χ2v) is 7.31. The lowest BCUT2D eigenvalue weighted by atomic mass is 9.99. The third-order valence-electron chi connectivity index (χ3n) is 5.11. The average molecular weight is 360 g/mol. The number of nitrogens with one attached hydrogen (secondary N) is 1. The van der Waals surface area contributed by atoms with Crippen LogP contribution in [0.15, 0.2) is 24.3 Å². The van der Waals surface area contributed by atoms with Gasteiger partial charge < -0.3 is 15.1 Å². The van der Waals surface area contributed by atoms with Gasteiger partial charge >= 0.3 is 0 Å². The number of carbonyl (C=O) groups excluding carboxylic acids is 2. The first-order chi connectivity index (χ1) is 12.5. The van der Waals surface area contributed by atoms with E-state index in [0.717, 1.165) is 37.5 Å². The number of benzene rings is 1. The second-order valence-electron chi connectivity index (χ2n) is 7.31. The molecule has 0 atom stereocenters. The molecule has 26 heavy (non-hydrogen) atoms. The van der Waals surface area contributed by atoms with Crippen LogP contribution < -0.4 is 15.1 Å². The number of piperidine rings is 1. The fourth-order valence-corrected chi connectivity index (χ4v) is 3.28. The topological polar surface area (TPSA) is 52.7 Å². The molecule has 0 radical (unpaired) electrons. The van der Waals surface area contributed by atoms with Crippen molar-refractivity contribution in [3.63, 3.8) is 0 Å². The van der Waals surface area contributed by atoms with Crippen molar-refractivity contribution >= 4 is 23.2 Å². The first kappa shape index (κ1) is 20.3. The van der Waals surface area contributed by atoms with Crippen LogP contribution in [-0.2, 0) is 9.59 Å². The zero-order valence-electron chi connectivity index (χ0n) is 16.5. The second kappa shape index (κ2) is 10.2. The summed E-state index contributed by atoms with van der Waals surface area (Å²) in [5, 5.41) is 2.90. The molecule has 0 aliphatic carbocycles. The molecule has 2 amide bonds. The highest BCUT2D eigenvalue weighted by atomic mass is 16.2. The molecule has 0 saturated carbocycles. The van der Waals surface area contributed by atoms with E-state index in [-0.39, 0.29) is 11.8 Å². The first-order valence-electron chi connectivity index (χ1n) is 9.91. The van der Waals surface area contributed by atoms with E-state index < -0.39 is 0 Å². The SMILES string of the molecule is CCCCNC(=O)CCN(C(C)=O)c1ccc(N2CCC(C)CC2)cc1. The van der Waals surface area contributed by atoms with Crippen LogP contribution in [0, 0.1) is 5.92 Å². The molecule has 0 unspecified atom stereocenters. The van der Waals surface area contributed by atoms with Crippen molar-refractivity contribution in [3.8, 4) is 0 Å². The maximum absolute atomic E-state index is 12.0. The summed E-state index contributed by atoms with van der Waals surface area (Å²) < 4.78 is 0. The van der Waals surface area contributed by atoms with E-state index in [1.54, 1.807) is 11.8 Å². The molecule has 5 nitrogen and oxygen atoms in total. The number of nitrogens with zero attached hydrogens (tertiary/aromatic N) is 2. The van der Waals surface area contributed by atoms with Gasteiger partial charge in [0.2, 0.25) is 11.8 Å². The van der Waals surface area contributed by atoms with E-state index in [9.17, 15) is 9.59 Å². The molecule has 0 spiro atoms. The molecule has 5 heteroatoms. The molecular weight excluding hydrogens is 326 g/mol. The van der Waals surface area contributed by atoms with Gasteiger partial charge in [0.25, 0.3) is 0 Å². The molecule has 1 aliphatic heterocycles. The lowest BCUT2D eigenvalue weighted by molar-refractivity contribution is -0.121. The Morgan fingerprint density at radius 1 is 1.19 bits per heavy atom. The lowest BCUT2D eigenvalue weighted by Crippen LogP contribution is -2.34. The largest absolute Gasteiger partial charge is 0.372 e. The molecule has 1 aromatic carbocycles. The van der Waals surface area contributed by atoms with Crippen molar-refractivity contribution < 1.29 is 9.59 Å². The number of carbonyl (C=O) groups is 2. The Hall–Kier alpha value is -2.04. The standard InChI is InChI=1S/C21H33N3O2/c1-4-5-13-22-21(26)12-16-24(18(3)25)20-8-6-19(7-9-20)23-14-10-17(2)11-15-23/h6-9,17H,4-5,10-16H2,1-3H3,(H,22,26). The summed E-state index contributed by atoms with van der Waals surface area (Å²) >= 11 is 0. The summed E-state index contributed by atoms with van der Waals surface area (Å²) in [5.74, 6) is 0.775. The molecule has 0 bridgehead atoms. The van der Waals surface area contributed by atoms with Crippen LogP contribution in [0.3, 0.4) is 0 Å². The van der Waals surface area contributed by atoms with Crippen LogP contribution in [0.5, 0.6) is 0 Å². The minimum absolute atomic E-state index is 0.00348. The van der Waals surface area contributed by atoms with E-state index >= 15 is 0 Å². The van der Waals surface area contributed by atoms with Crippen molar-refractivity contribution in [2.75, 3.05) is 36.0 Å². The van der Waals surface area contributed by atoms with Crippen LogP contribution in [-0.4, -0.2) is 38.0 Å². The van der Waals surface area contributed by atoms with Crippen molar-refractivity contribution in [2.24, 2.45) is 5.92 Å². The smallest absolute Gasteiger partial charge is 0.223 e. The van der Waals surface area contributed by atoms with E-state index in [0.29, 0.717) is 19.5 Å². The summed E-state index contributed by atoms with van der Waals surface area (Å²) in [6, 6.07) is 8.15. The molecule has 1 saturated heterocycles. The van der Waals surface area contributed by atoms with Crippen molar-refractivity contribution in [3.05, 3.63) is 24.3 Å². The monoisotopic (exact) mass is 359 g/mol. The van der Waals surface area contributed by atoms with Crippen LogP contribution in [0.25, 0.3) is 0 Å². The molecule has 1 heterocycles. The Balaban J connectivity index is 1.92. The zero-order valence-corrected chi connectivity index (χ0v) is 16.5. The number of anilines is 2. The molecule has 1 aromatic rings. The van der Waals surface area contributed by atoms with Gasteiger partial charge in [0, 0.05) is 50.9 Å². The van der Waals surface area contributed by atoms with Gasteiger partial charge in [-0.25, -0.2) is 0 Å². The molecule has 0 aromatic heterocycles. The van der Waals surface area contributed by atoms with Crippen LogP contribution >= 0.6 is 0 Å². The molecule has 2 rings (SSSR count). The van der Waals surface area contributed by atoms with Gasteiger partial charge in [-0.3, -0.25) is 9.59 Å². The van der Waals surface area contributed by atoms with Gasteiger partial charge in [0.1, 0.15) is 0 Å². The highest BCUT2D eigenvalue weighted by molar-refractivity contribution is 5.92. The summed E-state index contributed by atoms with van der Waals surface area (Å²) in [6.07, 6.45) is 4.83. The maximum Gasteiger partial charge on any atom is 0.223 e. The van der Waals surface area contributed by atoms with Crippen molar-refractivity contribution in [1.82, 2.24) is 5.32 Å². The van der Waals surface area contributed by atoms with Gasteiger partial charge in [-0.05, 0) is 49.4 Å². The summed E-state index contributed by atoms with van der Waals surface area (Å²) in [6.45, 7) is 9.26. The Bertz CT molecular complexity index is 577. The van der Waals surface area contributed by atoms with Gasteiger partial charge in [0.05, 0.1) is 0 Å². The highest BCUT2D eigenvalue weighted by Gasteiger charge is 2.17. The molecule has 1 fully saturated rings. The highest BCUT2D eigenvalue weighted by Crippen LogP contribution is 2.25. The van der Waals surface area contributed by atoms with Gasteiger partial charge in [-0.2, -0.15) is 0 Å². The minimum atomic E-state index is -0.0362. The quantitative estimate of drug-likeness (QED) is 0.722. The molecular formula is C21H33N3O2. The fourth-order valence-electron chi connectivity index (χ4n) is 3.28. The van der Waals surface area contributed by atoms with Crippen LogP contribution in [0.2, 0.25) is 0 Å². The summed E-state index contributed by atoms with van der Waals surface area (Å²) in [4.78, 5) is 28.0. The van der Waals surface area contributed by atoms with Gasteiger partial charge in [-0.1, -0.05) is 20.3 Å². The average Bonchev–Trinajstić information content (AvgIpc) is 2.63. The summed E-state index contributed by atoms with van der Waals surface area (Å²) in [5.41, 5.74) is 2.06. The third-order valence-corrected chi connectivity index (χ3v) is 5.11. The number of unbranched alkanes of at least 4 members (excludes halogenated alkanes) is 1. The molecule has 144 valence electrons. The van der Waals surface area contributed by atoms with E-state index in [4.69, 9.17) is 0 Å². The van der Waals surface area contributed by atoms with E-state index in [2.05, 4.69) is 36.2 Å². The number of amides is 2. The van der Waals surface area contributed by atoms with Gasteiger partial charge in [-0.15, -0.1) is 0 Å². The summed E-state index contributed by atoms with van der Waals surface area (Å²) in [7, 11) is 0. The Labute approximate surface area is 157 Å². The number of rotatable bonds is 8. The van der Waals surface area contributed by atoms with Gasteiger partial charge in [0.15, 0.2) is 0 Å². The molecule has 1 N–H and O–H groups in total. The zero-order chi connectivity index (χ0) is 18.9. The number of hydrogen-bond acceptors (Lipinski definition) is 3. The Morgan fingerprint density at radius 2 is 1.85 bits per heavy atom. The Kier molecular flexibility index (Phi) is 7.95. The fraction of sp³-hybridized carbons (Fsp3) is 0.619. The van der Waals surface area contributed by atoms with Crippen LogP contribution in [0.1, 0.15) is 52.9 Å². The van der Waals surface area contributed by atoms with Crippen molar-refractivity contribution in [1.29, 1.82) is 0 Å². The predicted molar refractivity (Wildman–Crippen MR) is 108 cm³/mol. The van der Waals surface area contributed by atoms with Crippen molar-refractivity contribution in [2.45, 2.75) is 52.9 Å². The normalized spacial score (nSPS) is 15.0. The minimum Gasteiger partial charge on any atom is -0.372 e. The van der Waals surface area contributed by atoms with E-state index in [1.807, 2.05) is 12.1 Å². The first-order valence-corrected chi connectivity index (χ1v) is 9.91. The Morgan fingerprint density at radius 3 is 2.42 bits per heavy atom. The van der Waals surface area contributed by atoms with Crippen LogP contribution in [0.4, 0.5) is 11.4 Å². The maximum atomic E-state index is 12.0. The predicted octanol–water partition coefficient (Wildman–Crippen LogP) is 3.58. The van der Waals surface area contributed by atoms with E-state index in [1.165, 1.54) is 18.5 Å². The third kappa shape index (κ3) is 6.04.